The van der Waals surface area contributed by atoms with Crippen LogP contribution in [-0.2, 0) is 0 Å². The Kier molecular flexibility index (Phi) is 3.20. The van der Waals surface area contributed by atoms with Gasteiger partial charge in [0.25, 0.3) is 5.91 Å². The highest BCUT2D eigenvalue weighted by Gasteiger charge is 2.31. The lowest BCUT2D eigenvalue weighted by molar-refractivity contribution is 0.0734. The quantitative estimate of drug-likeness (QED) is 0.861. The van der Waals surface area contributed by atoms with E-state index in [1.54, 1.807) is 4.90 Å². The first-order chi connectivity index (χ1) is 9.97. The van der Waals surface area contributed by atoms with Gasteiger partial charge >= 0.3 is 0 Å². The summed E-state index contributed by atoms with van der Waals surface area (Å²) in [7, 11) is 1.85. The molecule has 1 aliphatic heterocycles. The van der Waals surface area contributed by atoms with E-state index >= 15 is 0 Å². The highest BCUT2D eigenvalue weighted by atomic mass is 16.2. The highest BCUT2D eigenvalue weighted by Crippen LogP contribution is 2.34. The summed E-state index contributed by atoms with van der Waals surface area (Å²) in [5.74, 6) is 0.0750. The van der Waals surface area contributed by atoms with E-state index in [2.05, 4.69) is 37.4 Å². The van der Waals surface area contributed by atoms with Crippen molar-refractivity contribution in [1.82, 2.24) is 4.90 Å². The molecule has 21 heavy (non-hydrogen) atoms. The van der Waals surface area contributed by atoms with Crippen molar-refractivity contribution < 1.29 is 4.79 Å². The van der Waals surface area contributed by atoms with Crippen molar-refractivity contribution in [3.63, 3.8) is 0 Å². The number of anilines is 1. The Balaban J connectivity index is 2.08. The van der Waals surface area contributed by atoms with Crippen LogP contribution in [-0.4, -0.2) is 17.9 Å². The maximum absolute atomic E-state index is 12.7. The van der Waals surface area contributed by atoms with Crippen molar-refractivity contribution in [2.45, 2.75) is 26.9 Å². The molecule has 1 N–H and O–H groups in total. The normalized spacial score (nSPS) is 17.4. The molecule has 1 heterocycles. The van der Waals surface area contributed by atoms with Crippen molar-refractivity contribution in [3.8, 4) is 0 Å². The number of carbonyl (C=O) groups is 1. The van der Waals surface area contributed by atoms with Gasteiger partial charge in [0.2, 0.25) is 0 Å². The monoisotopic (exact) mass is 280 g/mol. The SMILES string of the molecule is Cc1cc(C)cc(C2Nc3cccc(C)c3C(=O)N2C)c1. The molecule has 0 fully saturated rings. The third-order valence-corrected chi connectivity index (χ3v) is 4.05. The summed E-state index contributed by atoms with van der Waals surface area (Å²) in [4.78, 5) is 14.5. The molecule has 1 atom stereocenters. The van der Waals surface area contributed by atoms with Gasteiger partial charge in [0.15, 0.2) is 0 Å². The van der Waals surface area contributed by atoms with Gasteiger partial charge in [-0.05, 0) is 38.0 Å². The Labute approximate surface area is 125 Å². The van der Waals surface area contributed by atoms with Crippen LogP contribution in [0.15, 0.2) is 36.4 Å². The third kappa shape index (κ3) is 2.29. The molecule has 108 valence electrons. The maximum Gasteiger partial charge on any atom is 0.257 e. The molecule has 3 heteroatoms. The number of fused-ring (bicyclic) bond motifs is 1. The second-order valence-corrected chi connectivity index (χ2v) is 5.88. The zero-order valence-corrected chi connectivity index (χ0v) is 12.9. The number of hydrogen-bond donors (Lipinski definition) is 1. The maximum atomic E-state index is 12.7. The number of carbonyl (C=O) groups excluding carboxylic acids is 1. The first-order valence-electron chi connectivity index (χ1n) is 7.19. The molecule has 2 aromatic rings. The predicted octanol–water partition coefficient (Wildman–Crippen LogP) is 3.81. The number of benzene rings is 2. The lowest BCUT2D eigenvalue weighted by Gasteiger charge is -2.36. The van der Waals surface area contributed by atoms with Crippen molar-refractivity contribution in [2.24, 2.45) is 0 Å². The lowest BCUT2D eigenvalue weighted by atomic mass is 9.98. The zero-order chi connectivity index (χ0) is 15.1. The minimum Gasteiger partial charge on any atom is -0.361 e. The van der Waals surface area contributed by atoms with Gasteiger partial charge in [0, 0.05) is 12.7 Å². The van der Waals surface area contributed by atoms with Crippen LogP contribution in [0, 0.1) is 20.8 Å². The molecule has 3 nitrogen and oxygen atoms in total. The molecule has 1 amide bonds. The fraction of sp³-hybridized carbons (Fsp3) is 0.278. The van der Waals surface area contributed by atoms with Gasteiger partial charge < -0.3 is 10.2 Å². The minimum absolute atomic E-state index is 0.0750. The molecule has 0 saturated heterocycles. The standard InChI is InChI=1S/C18H20N2O/c1-11-8-12(2)10-14(9-11)17-19-15-7-5-6-13(3)16(15)18(21)20(17)4/h5-10,17,19H,1-4H3. The van der Waals surface area contributed by atoms with Crippen LogP contribution in [0.5, 0.6) is 0 Å². The van der Waals surface area contributed by atoms with E-state index in [9.17, 15) is 4.79 Å². The van der Waals surface area contributed by atoms with Crippen LogP contribution in [0.25, 0.3) is 0 Å². The molecule has 1 unspecified atom stereocenters. The second-order valence-electron chi connectivity index (χ2n) is 5.88. The first kappa shape index (κ1) is 13.7. The van der Waals surface area contributed by atoms with Gasteiger partial charge in [0.1, 0.15) is 6.17 Å². The van der Waals surface area contributed by atoms with Gasteiger partial charge in [-0.2, -0.15) is 0 Å². The number of hydrogen-bond acceptors (Lipinski definition) is 2. The number of aryl methyl sites for hydroxylation is 3. The largest absolute Gasteiger partial charge is 0.361 e. The zero-order valence-electron chi connectivity index (χ0n) is 12.9. The molecule has 0 bridgehead atoms. The number of amides is 1. The smallest absolute Gasteiger partial charge is 0.257 e. The fourth-order valence-corrected chi connectivity index (χ4v) is 3.08. The average molecular weight is 280 g/mol. The molecule has 1 aliphatic rings. The van der Waals surface area contributed by atoms with E-state index in [-0.39, 0.29) is 12.1 Å². The molecule has 0 radical (unpaired) electrons. The van der Waals surface area contributed by atoms with E-state index in [1.807, 2.05) is 32.2 Å². The van der Waals surface area contributed by atoms with Gasteiger partial charge in [-0.25, -0.2) is 0 Å². The first-order valence-corrected chi connectivity index (χ1v) is 7.19. The van der Waals surface area contributed by atoms with E-state index in [0.717, 1.165) is 22.4 Å². The average Bonchev–Trinajstić information content (AvgIpc) is 2.41. The van der Waals surface area contributed by atoms with Gasteiger partial charge in [-0.15, -0.1) is 0 Å². The van der Waals surface area contributed by atoms with Crippen LogP contribution >= 0.6 is 0 Å². The molecule has 3 rings (SSSR count). The molecule has 0 aliphatic carbocycles. The van der Waals surface area contributed by atoms with Crippen molar-refractivity contribution >= 4 is 11.6 Å². The van der Waals surface area contributed by atoms with Crippen molar-refractivity contribution in [1.29, 1.82) is 0 Å². The Morgan fingerprint density at radius 1 is 1.05 bits per heavy atom. The summed E-state index contributed by atoms with van der Waals surface area (Å²) >= 11 is 0. The summed E-state index contributed by atoms with van der Waals surface area (Å²) in [5, 5.41) is 3.49. The van der Waals surface area contributed by atoms with Crippen LogP contribution in [0.4, 0.5) is 5.69 Å². The Morgan fingerprint density at radius 3 is 2.38 bits per heavy atom. The summed E-state index contributed by atoms with van der Waals surface area (Å²) in [6, 6.07) is 12.3. The van der Waals surface area contributed by atoms with Crippen molar-refractivity contribution in [2.75, 3.05) is 12.4 Å². The summed E-state index contributed by atoms with van der Waals surface area (Å²) in [6.45, 7) is 6.14. The third-order valence-electron chi connectivity index (χ3n) is 4.05. The van der Waals surface area contributed by atoms with Gasteiger partial charge in [0.05, 0.1) is 5.56 Å². The van der Waals surface area contributed by atoms with Crippen LogP contribution in [0.2, 0.25) is 0 Å². The van der Waals surface area contributed by atoms with Gasteiger partial charge in [-0.3, -0.25) is 4.79 Å². The number of nitrogens with zero attached hydrogens (tertiary/aromatic N) is 1. The molecule has 0 spiro atoms. The van der Waals surface area contributed by atoms with E-state index in [4.69, 9.17) is 0 Å². The molecule has 0 aromatic heterocycles. The molecular formula is C18H20N2O. The van der Waals surface area contributed by atoms with E-state index in [1.165, 1.54) is 11.1 Å². The molecule has 0 saturated carbocycles. The fourth-order valence-electron chi connectivity index (χ4n) is 3.08. The van der Waals surface area contributed by atoms with E-state index < -0.39 is 0 Å². The topological polar surface area (TPSA) is 32.3 Å². The summed E-state index contributed by atoms with van der Waals surface area (Å²) < 4.78 is 0. The minimum atomic E-state index is -0.120. The van der Waals surface area contributed by atoms with Crippen LogP contribution in [0.3, 0.4) is 0 Å². The molecular weight excluding hydrogens is 260 g/mol. The lowest BCUT2D eigenvalue weighted by Crippen LogP contribution is -2.40. The van der Waals surface area contributed by atoms with Crippen LogP contribution < -0.4 is 5.32 Å². The molecule has 2 aromatic carbocycles. The summed E-state index contributed by atoms with van der Waals surface area (Å²) in [5.41, 5.74) is 6.25. The highest BCUT2D eigenvalue weighted by molar-refractivity contribution is 6.02. The summed E-state index contributed by atoms with van der Waals surface area (Å²) in [6.07, 6.45) is -0.120. The predicted molar refractivity (Wildman–Crippen MR) is 85.6 cm³/mol. The second kappa shape index (κ2) is 4.92. The van der Waals surface area contributed by atoms with E-state index in [0.29, 0.717) is 0 Å². The van der Waals surface area contributed by atoms with Crippen LogP contribution in [0.1, 0.15) is 38.8 Å². The Bertz CT molecular complexity index is 701. The Morgan fingerprint density at radius 2 is 1.71 bits per heavy atom. The Hall–Kier alpha value is -2.29. The van der Waals surface area contributed by atoms with Crippen molar-refractivity contribution in [3.05, 3.63) is 64.2 Å². The number of rotatable bonds is 1. The van der Waals surface area contributed by atoms with Gasteiger partial charge in [-0.1, -0.05) is 41.5 Å². The number of nitrogens with one attached hydrogen (secondary N) is 1.